The molecule has 1 heterocycles. The van der Waals surface area contributed by atoms with Gasteiger partial charge in [-0.1, -0.05) is 32.1 Å². The van der Waals surface area contributed by atoms with E-state index in [0.29, 0.717) is 17.3 Å². The molecule has 1 aliphatic rings. The van der Waals surface area contributed by atoms with Crippen molar-refractivity contribution in [1.82, 2.24) is 9.97 Å². The smallest absolute Gasteiger partial charge is 0.255 e. The Hall–Kier alpha value is -1.32. The lowest BCUT2D eigenvalue weighted by Gasteiger charge is -2.19. The Bertz CT molecular complexity index is 431. The van der Waals surface area contributed by atoms with Crippen LogP contribution < -0.4 is 11.3 Å². The van der Waals surface area contributed by atoms with Crippen molar-refractivity contribution in [1.29, 1.82) is 0 Å². The molecule has 3 N–H and O–H groups in total. The first-order chi connectivity index (χ1) is 8.18. The second-order valence-corrected chi connectivity index (χ2v) is 5.00. The Morgan fingerprint density at radius 1 is 1.18 bits per heavy atom. The minimum Gasteiger partial charge on any atom is -0.383 e. The maximum absolute atomic E-state index is 11.7. The van der Waals surface area contributed by atoms with Crippen molar-refractivity contribution in [3.8, 4) is 0 Å². The van der Waals surface area contributed by atoms with Gasteiger partial charge in [-0.05, 0) is 19.8 Å². The lowest BCUT2D eigenvalue weighted by molar-refractivity contribution is 0.442. The highest BCUT2D eigenvalue weighted by Gasteiger charge is 2.17. The van der Waals surface area contributed by atoms with Gasteiger partial charge in [-0.25, -0.2) is 4.98 Å². The molecule has 17 heavy (non-hydrogen) atoms. The Morgan fingerprint density at radius 3 is 2.35 bits per heavy atom. The van der Waals surface area contributed by atoms with Crippen LogP contribution in [0.3, 0.4) is 0 Å². The number of aromatic nitrogens is 2. The van der Waals surface area contributed by atoms with Crippen LogP contribution in [0.2, 0.25) is 0 Å². The zero-order valence-electron chi connectivity index (χ0n) is 10.5. The fourth-order valence-corrected chi connectivity index (χ4v) is 2.49. The molecule has 0 aliphatic heterocycles. The molecule has 1 aliphatic carbocycles. The second-order valence-electron chi connectivity index (χ2n) is 5.00. The molecule has 1 fully saturated rings. The number of nitrogen functional groups attached to an aromatic ring is 1. The summed E-state index contributed by atoms with van der Waals surface area (Å²) in [7, 11) is 0. The van der Waals surface area contributed by atoms with Crippen molar-refractivity contribution in [3.63, 3.8) is 0 Å². The van der Waals surface area contributed by atoms with Gasteiger partial charge in [-0.2, -0.15) is 0 Å². The summed E-state index contributed by atoms with van der Waals surface area (Å²) in [5, 5.41) is 0. The minimum atomic E-state index is -0.0884. The van der Waals surface area contributed by atoms with E-state index in [-0.39, 0.29) is 5.56 Å². The van der Waals surface area contributed by atoms with Gasteiger partial charge in [0, 0.05) is 5.92 Å². The Kier molecular flexibility index (Phi) is 3.82. The molecule has 0 saturated heterocycles. The predicted octanol–water partition coefficient (Wildman–Crippen LogP) is 2.49. The molecular formula is C13H21N3O. The number of nitrogens with zero attached hydrogens (tertiary/aromatic N) is 1. The quantitative estimate of drug-likeness (QED) is 0.785. The molecule has 94 valence electrons. The third kappa shape index (κ3) is 2.87. The molecule has 1 saturated carbocycles. The number of aromatic amines is 1. The molecule has 2 rings (SSSR count). The van der Waals surface area contributed by atoms with Crippen molar-refractivity contribution >= 4 is 5.82 Å². The van der Waals surface area contributed by atoms with E-state index < -0.39 is 0 Å². The molecule has 1 aromatic heterocycles. The summed E-state index contributed by atoms with van der Waals surface area (Å²) in [6, 6.07) is 0. The molecule has 0 unspecified atom stereocenters. The van der Waals surface area contributed by atoms with Crippen molar-refractivity contribution in [2.24, 2.45) is 0 Å². The van der Waals surface area contributed by atoms with Crippen LogP contribution in [0.1, 0.15) is 62.3 Å². The van der Waals surface area contributed by atoms with Gasteiger partial charge in [0.1, 0.15) is 11.6 Å². The summed E-state index contributed by atoms with van der Waals surface area (Å²) >= 11 is 0. The van der Waals surface area contributed by atoms with E-state index in [9.17, 15) is 4.79 Å². The third-order valence-corrected chi connectivity index (χ3v) is 3.70. The number of hydrogen-bond acceptors (Lipinski definition) is 3. The Morgan fingerprint density at radius 2 is 1.76 bits per heavy atom. The molecule has 0 bridgehead atoms. The maximum Gasteiger partial charge on any atom is 0.255 e. The van der Waals surface area contributed by atoms with Crippen molar-refractivity contribution in [2.45, 2.75) is 57.8 Å². The van der Waals surface area contributed by atoms with Crippen LogP contribution in [-0.2, 0) is 0 Å². The van der Waals surface area contributed by atoms with Crippen molar-refractivity contribution in [3.05, 3.63) is 21.7 Å². The van der Waals surface area contributed by atoms with Gasteiger partial charge < -0.3 is 10.7 Å². The zero-order chi connectivity index (χ0) is 12.3. The lowest BCUT2D eigenvalue weighted by Crippen LogP contribution is -2.19. The molecule has 4 nitrogen and oxygen atoms in total. The number of hydrogen-bond donors (Lipinski definition) is 2. The molecule has 1 aromatic rings. The van der Waals surface area contributed by atoms with Gasteiger partial charge in [0.15, 0.2) is 0 Å². The molecule has 0 aromatic carbocycles. The highest BCUT2D eigenvalue weighted by atomic mass is 16.1. The first-order valence-corrected chi connectivity index (χ1v) is 6.55. The zero-order valence-corrected chi connectivity index (χ0v) is 10.5. The average Bonchev–Trinajstić information content (AvgIpc) is 2.25. The monoisotopic (exact) mass is 235 g/mol. The van der Waals surface area contributed by atoms with Crippen LogP contribution in [0, 0.1) is 6.92 Å². The third-order valence-electron chi connectivity index (χ3n) is 3.70. The maximum atomic E-state index is 11.7. The second kappa shape index (κ2) is 5.34. The summed E-state index contributed by atoms with van der Waals surface area (Å²) in [5.74, 6) is 1.55. The van der Waals surface area contributed by atoms with Gasteiger partial charge in [-0.3, -0.25) is 4.79 Å². The molecule has 0 amide bonds. The van der Waals surface area contributed by atoms with E-state index in [2.05, 4.69) is 9.97 Å². The predicted molar refractivity (Wildman–Crippen MR) is 69.1 cm³/mol. The van der Waals surface area contributed by atoms with E-state index in [1.807, 2.05) is 0 Å². The largest absolute Gasteiger partial charge is 0.383 e. The van der Waals surface area contributed by atoms with Gasteiger partial charge >= 0.3 is 0 Å². The van der Waals surface area contributed by atoms with Gasteiger partial charge in [0.05, 0.1) is 5.56 Å². The fraction of sp³-hybridized carbons (Fsp3) is 0.692. The van der Waals surface area contributed by atoms with Gasteiger partial charge in [0.25, 0.3) is 5.56 Å². The SMILES string of the molecule is Cc1c(N)nc(C2CCCCCCC2)[nH]c1=O. The molecule has 0 spiro atoms. The minimum absolute atomic E-state index is 0.0884. The number of H-pyrrole nitrogens is 1. The van der Waals surface area contributed by atoms with Crippen molar-refractivity contribution in [2.75, 3.05) is 5.73 Å². The van der Waals surface area contributed by atoms with Crippen molar-refractivity contribution < 1.29 is 0 Å². The van der Waals surface area contributed by atoms with E-state index in [0.717, 1.165) is 18.7 Å². The lowest BCUT2D eigenvalue weighted by atomic mass is 9.90. The topological polar surface area (TPSA) is 71.8 Å². The summed E-state index contributed by atoms with van der Waals surface area (Å²) in [6.07, 6.45) is 8.61. The first kappa shape index (κ1) is 12.1. The van der Waals surface area contributed by atoms with E-state index >= 15 is 0 Å². The van der Waals surface area contributed by atoms with Gasteiger partial charge in [0.2, 0.25) is 0 Å². The normalized spacial score (nSPS) is 18.6. The summed E-state index contributed by atoms with van der Waals surface area (Å²) in [6.45, 7) is 1.71. The van der Waals surface area contributed by atoms with E-state index in [1.54, 1.807) is 6.92 Å². The van der Waals surface area contributed by atoms with Gasteiger partial charge in [-0.15, -0.1) is 0 Å². The molecule has 0 atom stereocenters. The highest BCUT2D eigenvalue weighted by Crippen LogP contribution is 2.28. The van der Waals surface area contributed by atoms with Crippen LogP contribution in [0.25, 0.3) is 0 Å². The Balaban J connectivity index is 2.22. The molecule has 4 heteroatoms. The first-order valence-electron chi connectivity index (χ1n) is 6.55. The number of nitrogens with two attached hydrogens (primary N) is 1. The summed E-state index contributed by atoms with van der Waals surface area (Å²) < 4.78 is 0. The number of nitrogens with one attached hydrogen (secondary N) is 1. The molecule has 0 radical (unpaired) electrons. The van der Waals surface area contributed by atoms with Crippen LogP contribution in [-0.4, -0.2) is 9.97 Å². The summed E-state index contributed by atoms with van der Waals surface area (Å²) in [4.78, 5) is 18.9. The Labute approximate surface area is 102 Å². The van der Waals surface area contributed by atoms with E-state index in [4.69, 9.17) is 5.73 Å². The van der Waals surface area contributed by atoms with E-state index in [1.165, 1.54) is 32.1 Å². The molecular weight excluding hydrogens is 214 g/mol. The van der Waals surface area contributed by atoms with Crippen LogP contribution >= 0.6 is 0 Å². The van der Waals surface area contributed by atoms with Crippen LogP contribution in [0.15, 0.2) is 4.79 Å². The summed E-state index contributed by atoms with van der Waals surface area (Å²) in [5.41, 5.74) is 6.21. The number of rotatable bonds is 1. The average molecular weight is 235 g/mol. The standard InChI is InChI=1S/C13H21N3O/c1-9-11(14)15-12(16-13(9)17)10-7-5-3-2-4-6-8-10/h10H,2-8H2,1H3,(H3,14,15,16,17). The highest BCUT2D eigenvalue weighted by molar-refractivity contribution is 5.36. The number of anilines is 1. The van der Waals surface area contributed by atoms with Crippen LogP contribution in [0.4, 0.5) is 5.82 Å². The fourth-order valence-electron chi connectivity index (χ4n) is 2.49. The van der Waals surface area contributed by atoms with Crippen LogP contribution in [0.5, 0.6) is 0 Å².